The van der Waals surface area contributed by atoms with Gasteiger partial charge in [-0.05, 0) is 24.3 Å². The Labute approximate surface area is 160 Å². The second-order valence-electron chi connectivity index (χ2n) is 6.11. The molecule has 0 unspecified atom stereocenters. The van der Waals surface area contributed by atoms with Crippen molar-refractivity contribution < 1.29 is 9.59 Å². The highest BCUT2D eigenvalue weighted by Gasteiger charge is 2.24. The van der Waals surface area contributed by atoms with E-state index in [0.717, 1.165) is 10.6 Å². The first-order valence-electron chi connectivity index (χ1n) is 8.60. The van der Waals surface area contributed by atoms with Crippen LogP contribution in [-0.4, -0.2) is 44.8 Å². The van der Waals surface area contributed by atoms with E-state index in [1.165, 1.54) is 11.3 Å². The van der Waals surface area contributed by atoms with Crippen molar-refractivity contribution in [2.75, 3.05) is 18.4 Å². The van der Waals surface area contributed by atoms with Gasteiger partial charge in [-0.25, -0.2) is 4.98 Å². The van der Waals surface area contributed by atoms with Crippen molar-refractivity contribution in [3.05, 3.63) is 70.2 Å². The molecule has 0 aromatic carbocycles. The first-order chi connectivity index (χ1) is 13.2. The van der Waals surface area contributed by atoms with E-state index >= 15 is 0 Å². The number of carbonyl (C=O) groups excluding carboxylic acids is 2. The Bertz CT molecular complexity index is 933. The Morgan fingerprint density at radius 3 is 2.63 bits per heavy atom. The van der Waals surface area contributed by atoms with Gasteiger partial charge in [-0.2, -0.15) is 0 Å². The van der Waals surface area contributed by atoms with Crippen LogP contribution in [0.3, 0.4) is 0 Å². The van der Waals surface area contributed by atoms with E-state index < -0.39 is 0 Å². The molecule has 0 saturated heterocycles. The van der Waals surface area contributed by atoms with Crippen LogP contribution in [-0.2, 0) is 12.8 Å². The third kappa shape index (κ3) is 3.85. The molecule has 0 radical (unpaired) electrons. The summed E-state index contributed by atoms with van der Waals surface area (Å²) in [7, 11) is 0. The van der Waals surface area contributed by atoms with Crippen molar-refractivity contribution >= 4 is 28.8 Å². The average molecular weight is 379 g/mol. The van der Waals surface area contributed by atoms with Gasteiger partial charge in [0.15, 0.2) is 5.01 Å². The van der Waals surface area contributed by atoms with Crippen LogP contribution >= 0.6 is 11.3 Å². The fourth-order valence-electron chi connectivity index (χ4n) is 2.96. The number of pyridine rings is 2. The lowest BCUT2D eigenvalue weighted by atomic mass is 10.2. The normalized spacial score (nSPS) is 13.6. The fraction of sp³-hybridized carbons (Fsp3) is 0.211. The van der Waals surface area contributed by atoms with Gasteiger partial charge in [-0.1, -0.05) is 0 Å². The molecule has 3 aromatic heterocycles. The summed E-state index contributed by atoms with van der Waals surface area (Å²) >= 11 is 1.40. The van der Waals surface area contributed by atoms with Crippen LogP contribution in [0.2, 0.25) is 0 Å². The van der Waals surface area contributed by atoms with E-state index in [0.29, 0.717) is 42.2 Å². The van der Waals surface area contributed by atoms with Crippen LogP contribution in [0.5, 0.6) is 0 Å². The van der Waals surface area contributed by atoms with Gasteiger partial charge < -0.3 is 10.2 Å². The molecule has 0 fully saturated rings. The molecular weight excluding hydrogens is 362 g/mol. The quantitative estimate of drug-likeness (QED) is 0.755. The highest BCUT2D eigenvalue weighted by molar-refractivity contribution is 7.13. The van der Waals surface area contributed by atoms with Crippen molar-refractivity contribution in [1.29, 1.82) is 0 Å². The molecule has 2 amide bonds. The molecule has 27 heavy (non-hydrogen) atoms. The Morgan fingerprint density at radius 2 is 1.85 bits per heavy atom. The molecule has 3 aromatic rings. The monoisotopic (exact) mass is 379 g/mol. The van der Waals surface area contributed by atoms with Crippen LogP contribution in [0.15, 0.2) is 49.1 Å². The number of hydrogen-bond donors (Lipinski definition) is 1. The smallest absolute Gasteiger partial charge is 0.284 e. The topological polar surface area (TPSA) is 88.1 Å². The zero-order chi connectivity index (χ0) is 18.6. The van der Waals surface area contributed by atoms with Crippen molar-refractivity contribution in [2.45, 2.75) is 12.8 Å². The third-order valence-electron chi connectivity index (χ3n) is 4.33. The lowest BCUT2D eigenvalue weighted by Gasteiger charge is -2.20. The molecule has 0 saturated carbocycles. The van der Waals surface area contributed by atoms with Crippen molar-refractivity contribution in [2.24, 2.45) is 0 Å². The van der Waals surface area contributed by atoms with Crippen LogP contribution in [0.4, 0.5) is 5.69 Å². The molecule has 0 aliphatic carbocycles. The molecule has 7 nitrogen and oxygen atoms in total. The van der Waals surface area contributed by atoms with Crippen molar-refractivity contribution in [3.63, 3.8) is 0 Å². The standard InChI is InChI=1S/C19H17N5O2S/c25-17(22-14-3-8-20-9-4-14)18-23-15-5-10-24(11-6-16(15)27-18)19(26)13-2-1-7-21-12-13/h1-4,7-9,12H,5-6,10-11H2,(H,20,22,25). The Balaban J connectivity index is 1.44. The number of amides is 2. The number of nitrogens with one attached hydrogen (secondary N) is 1. The van der Waals surface area contributed by atoms with Crippen LogP contribution in [0, 0.1) is 0 Å². The zero-order valence-electron chi connectivity index (χ0n) is 14.5. The van der Waals surface area contributed by atoms with Gasteiger partial charge in [0, 0.05) is 61.3 Å². The molecule has 4 heterocycles. The SMILES string of the molecule is O=C(Nc1ccncc1)c1nc2c(s1)CCN(C(=O)c1cccnc1)CC2. The summed E-state index contributed by atoms with van der Waals surface area (Å²) in [5.41, 5.74) is 2.18. The summed E-state index contributed by atoms with van der Waals surface area (Å²) in [6, 6.07) is 7.00. The van der Waals surface area contributed by atoms with Gasteiger partial charge in [0.1, 0.15) is 0 Å². The number of aromatic nitrogens is 3. The average Bonchev–Trinajstić information content (AvgIpc) is 3.02. The second kappa shape index (κ2) is 7.63. The lowest BCUT2D eigenvalue weighted by Crippen LogP contribution is -2.33. The molecule has 1 aliphatic rings. The Kier molecular flexibility index (Phi) is 4.88. The number of carbonyl (C=O) groups is 2. The number of thiazole rings is 1. The number of nitrogens with zero attached hydrogens (tertiary/aromatic N) is 4. The first-order valence-corrected chi connectivity index (χ1v) is 9.41. The lowest BCUT2D eigenvalue weighted by molar-refractivity contribution is 0.0762. The van der Waals surface area contributed by atoms with Gasteiger partial charge in [0.25, 0.3) is 11.8 Å². The highest BCUT2D eigenvalue weighted by Crippen LogP contribution is 2.24. The molecular formula is C19H17N5O2S. The summed E-state index contributed by atoms with van der Waals surface area (Å²) in [6.07, 6.45) is 7.82. The number of hydrogen-bond acceptors (Lipinski definition) is 6. The van der Waals surface area contributed by atoms with Gasteiger partial charge in [-0.15, -0.1) is 11.3 Å². The minimum absolute atomic E-state index is 0.0195. The van der Waals surface area contributed by atoms with Gasteiger partial charge in [0.2, 0.25) is 0 Å². The molecule has 0 bridgehead atoms. The van der Waals surface area contributed by atoms with Crippen LogP contribution in [0.25, 0.3) is 0 Å². The van der Waals surface area contributed by atoms with Crippen molar-refractivity contribution in [1.82, 2.24) is 19.9 Å². The van der Waals surface area contributed by atoms with E-state index in [1.807, 2.05) is 4.90 Å². The molecule has 1 aliphatic heterocycles. The summed E-state index contributed by atoms with van der Waals surface area (Å²) in [5.74, 6) is -0.239. The molecule has 4 rings (SSSR count). The largest absolute Gasteiger partial charge is 0.338 e. The molecule has 8 heteroatoms. The third-order valence-corrected chi connectivity index (χ3v) is 5.49. The van der Waals surface area contributed by atoms with E-state index in [1.54, 1.807) is 49.1 Å². The van der Waals surface area contributed by atoms with Crippen LogP contribution in [0.1, 0.15) is 30.7 Å². The maximum absolute atomic E-state index is 12.6. The van der Waals surface area contributed by atoms with E-state index in [9.17, 15) is 9.59 Å². The van der Waals surface area contributed by atoms with E-state index in [4.69, 9.17) is 0 Å². The summed E-state index contributed by atoms with van der Waals surface area (Å²) in [4.78, 5) is 40.4. The van der Waals surface area contributed by atoms with Crippen LogP contribution < -0.4 is 5.32 Å². The fourth-order valence-corrected chi connectivity index (χ4v) is 3.95. The number of rotatable bonds is 3. The minimum atomic E-state index is -0.220. The maximum Gasteiger partial charge on any atom is 0.284 e. The second-order valence-corrected chi connectivity index (χ2v) is 7.20. The predicted octanol–water partition coefficient (Wildman–Crippen LogP) is 2.43. The van der Waals surface area contributed by atoms with Crippen molar-refractivity contribution in [3.8, 4) is 0 Å². The number of anilines is 1. The van der Waals surface area contributed by atoms with E-state index in [2.05, 4.69) is 20.3 Å². The molecule has 1 N–H and O–H groups in total. The predicted molar refractivity (Wildman–Crippen MR) is 102 cm³/mol. The maximum atomic E-state index is 12.6. The minimum Gasteiger partial charge on any atom is -0.338 e. The molecule has 136 valence electrons. The number of fused-ring (bicyclic) bond motifs is 1. The Hall–Kier alpha value is -3.13. The Morgan fingerprint density at radius 1 is 1.04 bits per heavy atom. The summed E-state index contributed by atoms with van der Waals surface area (Å²) in [5, 5.41) is 3.28. The van der Waals surface area contributed by atoms with E-state index in [-0.39, 0.29) is 11.8 Å². The molecule has 0 atom stereocenters. The molecule has 0 spiro atoms. The highest BCUT2D eigenvalue weighted by atomic mass is 32.1. The zero-order valence-corrected chi connectivity index (χ0v) is 15.3. The summed E-state index contributed by atoms with van der Waals surface area (Å²) < 4.78 is 0. The van der Waals surface area contributed by atoms with Gasteiger partial charge in [-0.3, -0.25) is 19.6 Å². The van der Waals surface area contributed by atoms with Gasteiger partial charge in [0.05, 0.1) is 11.3 Å². The van der Waals surface area contributed by atoms with Gasteiger partial charge >= 0.3 is 0 Å². The summed E-state index contributed by atoms with van der Waals surface area (Å²) in [6.45, 7) is 1.18. The first kappa shape index (κ1) is 17.3.